The maximum Gasteiger partial charge on any atom is 0.0817 e. The molecule has 0 radical (unpaired) electrons. The summed E-state index contributed by atoms with van der Waals surface area (Å²) < 4.78 is 0. The zero-order valence-corrected chi connectivity index (χ0v) is 8.99. The van der Waals surface area contributed by atoms with Gasteiger partial charge in [0.05, 0.1) is 12.2 Å². The summed E-state index contributed by atoms with van der Waals surface area (Å²) in [5.41, 5.74) is 3.21. The van der Waals surface area contributed by atoms with Crippen molar-refractivity contribution in [2.75, 3.05) is 0 Å². The molecule has 2 unspecified atom stereocenters. The first kappa shape index (κ1) is 11.2. The van der Waals surface area contributed by atoms with Gasteiger partial charge in [-0.2, -0.15) is 0 Å². The molecule has 0 spiro atoms. The summed E-state index contributed by atoms with van der Waals surface area (Å²) in [5, 5.41) is 19.0. The molecular formula is C12H18O2. The molecule has 0 aliphatic carbocycles. The van der Waals surface area contributed by atoms with Crippen LogP contribution in [0.15, 0.2) is 18.2 Å². The standard InChI is InChI=1S/C12H18O2/c1-8-5-4-6-11(10(8)3)12(14)7-9(2)13/h4-6,9,12-14H,7H2,1-3H3. The molecule has 2 heteroatoms. The highest BCUT2D eigenvalue weighted by atomic mass is 16.3. The maximum absolute atomic E-state index is 9.84. The van der Waals surface area contributed by atoms with Crippen molar-refractivity contribution in [2.45, 2.75) is 39.4 Å². The summed E-state index contributed by atoms with van der Waals surface area (Å²) in [6.07, 6.45) is -0.635. The lowest BCUT2D eigenvalue weighted by molar-refractivity contribution is 0.0903. The smallest absolute Gasteiger partial charge is 0.0817 e. The van der Waals surface area contributed by atoms with Crippen LogP contribution in [0.5, 0.6) is 0 Å². The van der Waals surface area contributed by atoms with Gasteiger partial charge >= 0.3 is 0 Å². The normalized spacial score (nSPS) is 15.2. The van der Waals surface area contributed by atoms with E-state index in [2.05, 4.69) is 0 Å². The number of hydrogen-bond acceptors (Lipinski definition) is 2. The van der Waals surface area contributed by atoms with E-state index in [-0.39, 0.29) is 0 Å². The van der Waals surface area contributed by atoms with E-state index in [9.17, 15) is 10.2 Å². The molecule has 14 heavy (non-hydrogen) atoms. The third-order valence-corrected chi connectivity index (χ3v) is 2.57. The van der Waals surface area contributed by atoms with Gasteiger partial charge < -0.3 is 10.2 Å². The van der Waals surface area contributed by atoms with Crippen LogP contribution in [-0.2, 0) is 0 Å². The molecule has 0 heterocycles. The summed E-state index contributed by atoms with van der Waals surface area (Å²) in [7, 11) is 0. The molecule has 1 aromatic carbocycles. The van der Waals surface area contributed by atoms with Crippen molar-refractivity contribution < 1.29 is 10.2 Å². The van der Waals surface area contributed by atoms with Crippen LogP contribution in [0.1, 0.15) is 36.1 Å². The Labute approximate surface area is 85.2 Å². The predicted octanol–water partition coefficient (Wildman–Crippen LogP) is 2.11. The van der Waals surface area contributed by atoms with Crippen molar-refractivity contribution >= 4 is 0 Å². The third kappa shape index (κ3) is 2.56. The highest BCUT2D eigenvalue weighted by Gasteiger charge is 2.13. The number of rotatable bonds is 3. The third-order valence-electron chi connectivity index (χ3n) is 2.57. The summed E-state index contributed by atoms with van der Waals surface area (Å²) in [6, 6.07) is 5.87. The van der Waals surface area contributed by atoms with Crippen molar-refractivity contribution in [1.29, 1.82) is 0 Å². The molecule has 0 bridgehead atoms. The second kappa shape index (κ2) is 4.58. The van der Waals surface area contributed by atoms with Crippen molar-refractivity contribution in [3.63, 3.8) is 0 Å². The Morgan fingerprint density at radius 1 is 1.21 bits per heavy atom. The number of benzene rings is 1. The largest absolute Gasteiger partial charge is 0.393 e. The molecular weight excluding hydrogens is 176 g/mol. The lowest BCUT2D eigenvalue weighted by atomic mass is 9.96. The molecule has 2 N–H and O–H groups in total. The Balaban J connectivity index is 2.89. The Morgan fingerprint density at radius 3 is 2.43 bits per heavy atom. The van der Waals surface area contributed by atoms with E-state index in [0.29, 0.717) is 6.42 Å². The van der Waals surface area contributed by atoms with Crippen LogP contribution >= 0.6 is 0 Å². The Bertz CT molecular complexity index is 305. The van der Waals surface area contributed by atoms with Gasteiger partial charge in [0, 0.05) is 6.42 Å². The molecule has 78 valence electrons. The average Bonchev–Trinajstić information content (AvgIpc) is 2.08. The number of hydrogen-bond donors (Lipinski definition) is 2. The SMILES string of the molecule is Cc1cccc(C(O)CC(C)O)c1C. The van der Waals surface area contributed by atoms with E-state index in [1.165, 1.54) is 5.56 Å². The average molecular weight is 194 g/mol. The van der Waals surface area contributed by atoms with E-state index in [1.54, 1.807) is 6.92 Å². The fourth-order valence-corrected chi connectivity index (χ4v) is 1.58. The molecule has 0 saturated heterocycles. The molecule has 0 amide bonds. The van der Waals surface area contributed by atoms with E-state index in [4.69, 9.17) is 0 Å². The minimum Gasteiger partial charge on any atom is -0.393 e. The minimum absolute atomic E-state index is 0.393. The minimum atomic E-state index is -0.560. The molecule has 1 rings (SSSR count). The van der Waals surface area contributed by atoms with Crippen LogP contribution in [0.25, 0.3) is 0 Å². The van der Waals surface area contributed by atoms with Crippen molar-refractivity contribution in [3.05, 3.63) is 34.9 Å². The van der Waals surface area contributed by atoms with E-state index in [0.717, 1.165) is 11.1 Å². The topological polar surface area (TPSA) is 40.5 Å². The highest BCUT2D eigenvalue weighted by Crippen LogP contribution is 2.23. The summed E-state index contributed by atoms with van der Waals surface area (Å²) >= 11 is 0. The zero-order valence-electron chi connectivity index (χ0n) is 8.99. The van der Waals surface area contributed by atoms with Gasteiger partial charge in [0.1, 0.15) is 0 Å². The molecule has 1 aromatic rings. The quantitative estimate of drug-likeness (QED) is 0.773. The van der Waals surface area contributed by atoms with Crippen molar-refractivity contribution in [3.8, 4) is 0 Å². The number of aliphatic hydroxyl groups is 2. The van der Waals surface area contributed by atoms with Crippen LogP contribution in [0.3, 0.4) is 0 Å². The van der Waals surface area contributed by atoms with Gasteiger partial charge in [-0.3, -0.25) is 0 Å². The first-order valence-electron chi connectivity index (χ1n) is 4.94. The maximum atomic E-state index is 9.84. The fourth-order valence-electron chi connectivity index (χ4n) is 1.58. The van der Waals surface area contributed by atoms with Gasteiger partial charge in [-0.1, -0.05) is 18.2 Å². The van der Waals surface area contributed by atoms with Crippen LogP contribution < -0.4 is 0 Å². The van der Waals surface area contributed by atoms with Gasteiger partial charge in [-0.15, -0.1) is 0 Å². The molecule has 2 atom stereocenters. The second-order valence-electron chi connectivity index (χ2n) is 3.89. The predicted molar refractivity (Wildman–Crippen MR) is 57.2 cm³/mol. The molecule has 0 aliphatic rings. The van der Waals surface area contributed by atoms with Crippen LogP contribution in [0.2, 0.25) is 0 Å². The lowest BCUT2D eigenvalue weighted by Gasteiger charge is -2.16. The Kier molecular flexibility index (Phi) is 3.67. The van der Waals surface area contributed by atoms with E-state index in [1.807, 2.05) is 32.0 Å². The van der Waals surface area contributed by atoms with Gasteiger partial charge in [-0.05, 0) is 37.5 Å². The molecule has 0 aliphatic heterocycles. The lowest BCUT2D eigenvalue weighted by Crippen LogP contribution is -2.09. The van der Waals surface area contributed by atoms with Crippen LogP contribution in [-0.4, -0.2) is 16.3 Å². The van der Waals surface area contributed by atoms with Crippen LogP contribution in [0, 0.1) is 13.8 Å². The highest BCUT2D eigenvalue weighted by molar-refractivity contribution is 5.34. The number of aliphatic hydroxyl groups excluding tert-OH is 2. The van der Waals surface area contributed by atoms with Crippen LogP contribution in [0.4, 0.5) is 0 Å². The number of aryl methyl sites for hydroxylation is 1. The van der Waals surface area contributed by atoms with Gasteiger partial charge in [0.25, 0.3) is 0 Å². The summed E-state index contributed by atoms with van der Waals surface area (Å²) in [4.78, 5) is 0. The van der Waals surface area contributed by atoms with Gasteiger partial charge in [0.15, 0.2) is 0 Å². The van der Waals surface area contributed by atoms with Gasteiger partial charge in [-0.25, -0.2) is 0 Å². The molecule has 0 aromatic heterocycles. The molecule has 0 fully saturated rings. The summed E-state index contributed by atoms with van der Waals surface area (Å²) in [6.45, 7) is 5.71. The van der Waals surface area contributed by atoms with E-state index >= 15 is 0 Å². The molecule has 0 saturated carbocycles. The zero-order chi connectivity index (χ0) is 10.7. The Hall–Kier alpha value is -0.860. The fraction of sp³-hybridized carbons (Fsp3) is 0.500. The Morgan fingerprint density at radius 2 is 1.86 bits per heavy atom. The summed E-state index contributed by atoms with van der Waals surface area (Å²) in [5.74, 6) is 0. The molecule has 2 nitrogen and oxygen atoms in total. The van der Waals surface area contributed by atoms with Crippen molar-refractivity contribution in [1.82, 2.24) is 0 Å². The monoisotopic (exact) mass is 194 g/mol. The second-order valence-corrected chi connectivity index (χ2v) is 3.89. The van der Waals surface area contributed by atoms with E-state index < -0.39 is 12.2 Å². The first-order chi connectivity index (χ1) is 6.52. The van der Waals surface area contributed by atoms with Gasteiger partial charge in [0.2, 0.25) is 0 Å². The first-order valence-corrected chi connectivity index (χ1v) is 4.94. The van der Waals surface area contributed by atoms with Crippen molar-refractivity contribution in [2.24, 2.45) is 0 Å².